The molecule has 0 spiro atoms. The van der Waals surface area contributed by atoms with Crippen LogP contribution in [0.1, 0.15) is 33.6 Å². The SMILES string of the molecule is CC(C)(C)Oc1cc(OCC2CC2)ccc1O. The maximum atomic E-state index is 9.71. The highest BCUT2D eigenvalue weighted by Gasteiger charge is 2.22. The molecule has 0 aromatic heterocycles. The first-order valence-corrected chi connectivity index (χ1v) is 6.09. The predicted octanol–water partition coefficient (Wildman–Crippen LogP) is 3.36. The lowest BCUT2D eigenvalue weighted by Crippen LogP contribution is -2.23. The first kappa shape index (κ1) is 12.1. The first-order valence-electron chi connectivity index (χ1n) is 6.09. The van der Waals surface area contributed by atoms with Crippen LogP contribution in [0.2, 0.25) is 0 Å². The maximum Gasteiger partial charge on any atom is 0.165 e. The fraction of sp³-hybridized carbons (Fsp3) is 0.571. The number of phenols is 1. The Morgan fingerprint density at radius 2 is 2.00 bits per heavy atom. The molecule has 1 aromatic rings. The van der Waals surface area contributed by atoms with Crippen LogP contribution >= 0.6 is 0 Å². The molecule has 0 saturated heterocycles. The summed E-state index contributed by atoms with van der Waals surface area (Å²) in [5.41, 5.74) is -0.327. The lowest BCUT2D eigenvalue weighted by atomic mass is 10.2. The molecule has 1 fully saturated rings. The Kier molecular flexibility index (Phi) is 3.18. The smallest absolute Gasteiger partial charge is 0.165 e. The summed E-state index contributed by atoms with van der Waals surface area (Å²) in [7, 11) is 0. The lowest BCUT2D eigenvalue weighted by molar-refractivity contribution is 0.125. The highest BCUT2D eigenvalue weighted by molar-refractivity contribution is 5.44. The zero-order valence-electron chi connectivity index (χ0n) is 10.7. The molecular formula is C14H20O3. The van der Waals surface area contributed by atoms with Gasteiger partial charge in [0.05, 0.1) is 6.61 Å². The molecule has 94 valence electrons. The Balaban J connectivity index is 2.05. The summed E-state index contributed by atoms with van der Waals surface area (Å²) in [6, 6.07) is 5.14. The summed E-state index contributed by atoms with van der Waals surface area (Å²) in [5, 5.41) is 9.71. The van der Waals surface area contributed by atoms with E-state index in [0.717, 1.165) is 18.3 Å². The minimum atomic E-state index is -0.327. The highest BCUT2D eigenvalue weighted by Crippen LogP contribution is 2.34. The molecule has 0 unspecified atom stereocenters. The van der Waals surface area contributed by atoms with Gasteiger partial charge in [0, 0.05) is 6.07 Å². The molecule has 1 aliphatic carbocycles. The van der Waals surface area contributed by atoms with Crippen molar-refractivity contribution in [2.75, 3.05) is 6.61 Å². The highest BCUT2D eigenvalue weighted by atomic mass is 16.5. The van der Waals surface area contributed by atoms with Crippen molar-refractivity contribution < 1.29 is 14.6 Å². The topological polar surface area (TPSA) is 38.7 Å². The summed E-state index contributed by atoms with van der Waals surface area (Å²) in [6.07, 6.45) is 2.53. The van der Waals surface area contributed by atoms with E-state index in [1.54, 1.807) is 18.2 Å². The monoisotopic (exact) mass is 236 g/mol. The van der Waals surface area contributed by atoms with Crippen molar-refractivity contribution in [1.29, 1.82) is 0 Å². The van der Waals surface area contributed by atoms with Gasteiger partial charge in [-0.2, -0.15) is 0 Å². The van der Waals surface area contributed by atoms with Gasteiger partial charge in [0.1, 0.15) is 11.4 Å². The Morgan fingerprint density at radius 1 is 1.29 bits per heavy atom. The van der Waals surface area contributed by atoms with Crippen LogP contribution in [0.25, 0.3) is 0 Å². The number of aromatic hydroxyl groups is 1. The third kappa shape index (κ3) is 3.84. The van der Waals surface area contributed by atoms with Crippen LogP contribution in [0.5, 0.6) is 17.2 Å². The van der Waals surface area contributed by atoms with Gasteiger partial charge >= 0.3 is 0 Å². The van der Waals surface area contributed by atoms with Gasteiger partial charge in [-0.15, -0.1) is 0 Å². The molecule has 3 nitrogen and oxygen atoms in total. The molecule has 1 N–H and O–H groups in total. The van der Waals surface area contributed by atoms with E-state index in [1.165, 1.54) is 12.8 Å². The van der Waals surface area contributed by atoms with Crippen LogP contribution in [-0.2, 0) is 0 Å². The zero-order valence-corrected chi connectivity index (χ0v) is 10.7. The lowest BCUT2D eigenvalue weighted by Gasteiger charge is -2.22. The van der Waals surface area contributed by atoms with Gasteiger partial charge in [-0.25, -0.2) is 0 Å². The maximum absolute atomic E-state index is 9.71. The molecule has 0 atom stereocenters. The van der Waals surface area contributed by atoms with E-state index in [9.17, 15) is 5.11 Å². The average Bonchev–Trinajstić information content (AvgIpc) is 3.01. The van der Waals surface area contributed by atoms with Crippen LogP contribution in [-0.4, -0.2) is 17.3 Å². The average molecular weight is 236 g/mol. The minimum Gasteiger partial charge on any atom is -0.504 e. The number of ether oxygens (including phenoxy) is 2. The van der Waals surface area contributed by atoms with E-state index in [4.69, 9.17) is 9.47 Å². The Labute approximate surface area is 102 Å². The van der Waals surface area contributed by atoms with Gasteiger partial charge in [0.15, 0.2) is 11.5 Å². The molecule has 0 heterocycles. The van der Waals surface area contributed by atoms with Crippen molar-refractivity contribution >= 4 is 0 Å². The molecule has 1 saturated carbocycles. The molecule has 0 aliphatic heterocycles. The van der Waals surface area contributed by atoms with Crippen molar-refractivity contribution in [3.8, 4) is 17.2 Å². The number of phenolic OH excluding ortho intramolecular Hbond substituents is 1. The van der Waals surface area contributed by atoms with Crippen LogP contribution < -0.4 is 9.47 Å². The normalized spacial score (nSPS) is 15.7. The summed E-state index contributed by atoms with van der Waals surface area (Å²) in [4.78, 5) is 0. The van der Waals surface area contributed by atoms with E-state index in [2.05, 4.69) is 0 Å². The summed E-state index contributed by atoms with van der Waals surface area (Å²) in [5.74, 6) is 2.11. The first-order chi connectivity index (χ1) is 7.94. The van der Waals surface area contributed by atoms with Gasteiger partial charge in [-0.1, -0.05) is 0 Å². The van der Waals surface area contributed by atoms with Crippen LogP contribution in [0.4, 0.5) is 0 Å². The second-order valence-electron chi connectivity index (χ2n) is 5.60. The van der Waals surface area contributed by atoms with Crippen LogP contribution in [0.15, 0.2) is 18.2 Å². The third-order valence-corrected chi connectivity index (χ3v) is 2.53. The largest absolute Gasteiger partial charge is 0.504 e. The molecular weight excluding hydrogens is 216 g/mol. The Hall–Kier alpha value is -1.38. The molecule has 3 heteroatoms. The van der Waals surface area contributed by atoms with Crippen LogP contribution in [0, 0.1) is 5.92 Å². The Bertz CT molecular complexity index is 389. The number of hydrogen-bond acceptors (Lipinski definition) is 3. The summed E-state index contributed by atoms with van der Waals surface area (Å²) in [6.45, 7) is 6.61. The fourth-order valence-electron chi connectivity index (χ4n) is 1.49. The third-order valence-electron chi connectivity index (χ3n) is 2.53. The van der Waals surface area contributed by atoms with Gasteiger partial charge in [-0.3, -0.25) is 0 Å². The van der Waals surface area contributed by atoms with E-state index >= 15 is 0 Å². The Morgan fingerprint density at radius 3 is 2.59 bits per heavy atom. The molecule has 0 amide bonds. The van der Waals surface area contributed by atoms with Gasteiger partial charge in [0.25, 0.3) is 0 Å². The molecule has 0 radical (unpaired) electrons. The predicted molar refractivity (Wildman–Crippen MR) is 66.7 cm³/mol. The fourth-order valence-corrected chi connectivity index (χ4v) is 1.49. The number of hydrogen-bond donors (Lipinski definition) is 1. The molecule has 2 rings (SSSR count). The quantitative estimate of drug-likeness (QED) is 0.871. The van der Waals surface area contributed by atoms with Gasteiger partial charge in [-0.05, 0) is 51.7 Å². The van der Waals surface area contributed by atoms with Crippen molar-refractivity contribution in [2.45, 2.75) is 39.2 Å². The van der Waals surface area contributed by atoms with Crippen molar-refractivity contribution in [3.05, 3.63) is 18.2 Å². The molecule has 1 aromatic carbocycles. The van der Waals surface area contributed by atoms with Crippen molar-refractivity contribution in [3.63, 3.8) is 0 Å². The summed E-state index contributed by atoms with van der Waals surface area (Å²) >= 11 is 0. The van der Waals surface area contributed by atoms with Gasteiger partial charge < -0.3 is 14.6 Å². The molecule has 17 heavy (non-hydrogen) atoms. The summed E-state index contributed by atoms with van der Waals surface area (Å²) < 4.78 is 11.3. The van der Waals surface area contributed by atoms with E-state index in [0.29, 0.717) is 5.75 Å². The van der Waals surface area contributed by atoms with E-state index in [-0.39, 0.29) is 11.4 Å². The standard InChI is InChI=1S/C14H20O3/c1-14(2,3)17-13-8-11(6-7-12(13)15)16-9-10-4-5-10/h6-8,10,15H,4-5,9H2,1-3H3. The molecule has 0 bridgehead atoms. The second kappa shape index (κ2) is 4.47. The second-order valence-corrected chi connectivity index (χ2v) is 5.60. The van der Waals surface area contributed by atoms with E-state index < -0.39 is 0 Å². The van der Waals surface area contributed by atoms with Crippen LogP contribution in [0.3, 0.4) is 0 Å². The minimum absolute atomic E-state index is 0.152. The van der Waals surface area contributed by atoms with E-state index in [1.807, 2.05) is 20.8 Å². The number of rotatable bonds is 4. The number of benzene rings is 1. The van der Waals surface area contributed by atoms with Gasteiger partial charge in [0.2, 0.25) is 0 Å². The van der Waals surface area contributed by atoms with Crippen molar-refractivity contribution in [2.24, 2.45) is 5.92 Å². The van der Waals surface area contributed by atoms with Crippen molar-refractivity contribution in [1.82, 2.24) is 0 Å². The molecule has 1 aliphatic rings. The zero-order chi connectivity index (χ0) is 12.5.